The van der Waals surface area contributed by atoms with Gasteiger partial charge in [-0.3, -0.25) is 9.59 Å². The third-order valence-electron chi connectivity index (χ3n) is 1.84. The largest absolute Gasteiger partial charge is 0.480 e. The van der Waals surface area contributed by atoms with Crippen LogP contribution in [0.15, 0.2) is 0 Å². The highest BCUT2D eigenvalue weighted by Crippen LogP contribution is 2.00. The molecule has 0 saturated heterocycles. The lowest BCUT2D eigenvalue weighted by molar-refractivity contribution is -0.155. The fourth-order valence-electron chi connectivity index (χ4n) is 0.802. The van der Waals surface area contributed by atoms with Crippen LogP contribution in [0.5, 0.6) is 0 Å². The van der Waals surface area contributed by atoms with E-state index in [1.807, 2.05) is 0 Å². The van der Waals surface area contributed by atoms with Crippen molar-refractivity contribution in [3.05, 3.63) is 0 Å². The summed E-state index contributed by atoms with van der Waals surface area (Å²) in [5, 5.41) is 17.0. The summed E-state index contributed by atoms with van der Waals surface area (Å²) in [5.74, 6) is -2.03. The van der Waals surface area contributed by atoms with E-state index in [4.69, 9.17) is 26.4 Å². The molecule has 0 aromatic heterocycles. The van der Waals surface area contributed by atoms with E-state index in [9.17, 15) is 9.59 Å². The standard InChI is InChI=1S/C8H16N2O5/c1-4(6(10)7(12)13)15-8(14)5(9)2-3-11/h4-6,11H,2-3,9-10H2,1H3,(H,12,13)/t4-,5+,6+/m1/s1. The van der Waals surface area contributed by atoms with Crippen molar-refractivity contribution < 1.29 is 24.5 Å². The summed E-state index contributed by atoms with van der Waals surface area (Å²) in [7, 11) is 0. The van der Waals surface area contributed by atoms with Crippen molar-refractivity contribution in [2.75, 3.05) is 6.61 Å². The van der Waals surface area contributed by atoms with Crippen molar-refractivity contribution >= 4 is 11.9 Å². The normalized spacial score (nSPS) is 16.5. The van der Waals surface area contributed by atoms with Gasteiger partial charge in [0.25, 0.3) is 0 Å². The van der Waals surface area contributed by atoms with E-state index in [0.29, 0.717) is 0 Å². The average molecular weight is 220 g/mol. The zero-order chi connectivity index (χ0) is 12.0. The summed E-state index contributed by atoms with van der Waals surface area (Å²) >= 11 is 0. The topological polar surface area (TPSA) is 136 Å². The molecule has 7 heteroatoms. The van der Waals surface area contributed by atoms with Gasteiger partial charge in [-0.25, -0.2) is 0 Å². The summed E-state index contributed by atoms with van der Waals surface area (Å²) in [5.41, 5.74) is 10.5. The second-order valence-electron chi connectivity index (χ2n) is 3.12. The molecular weight excluding hydrogens is 204 g/mol. The fraction of sp³-hybridized carbons (Fsp3) is 0.750. The Balaban J connectivity index is 4.11. The van der Waals surface area contributed by atoms with Gasteiger partial charge in [0.2, 0.25) is 0 Å². The Morgan fingerprint density at radius 3 is 2.33 bits per heavy atom. The van der Waals surface area contributed by atoms with E-state index < -0.39 is 30.1 Å². The van der Waals surface area contributed by atoms with Crippen molar-refractivity contribution in [3.63, 3.8) is 0 Å². The first-order valence-corrected chi connectivity index (χ1v) is 4.45. The van der Waals surface area contributed by atoms with Crippen LogP contribution in [0, 0.1) is 0 Å². The van der Waals surface area contributed by atoms with Crippen molar-refractivity contribution in [1.82, 2.24) is 0 Å². The first-order chi connectivity index (χ1) is 6.90. The van der Waals surface area contributed by atoms with E-state index >= 15 is 0 Å². The van der Waals surface area contributed by atoms with Gasteiger partial charge in [0.05, 0.1) is 0 Å². The van der Waals surface area contributed by atoms with Crippen molar-refractivity contribution in [2.24, 2.45) is 11.5 Å². The van der Waals surface area contributed by atoms with Crippen LogP contribution < -0.4 is 11.5 Å². The van der Waals surface area contributed by atoms with Crippen molar-refractivity contribution in [1.29, 1.82) is 0 Å². The Morgan fingerprint density at radius 1 is 1.40 bits per heavy atom. The maximum absolute atomic E-state index is 11.2. The molecule has 0 heterocycles. The van der Waals surface area contributed by atoms with Gasteiger partial charge < -0.3 is 26.4 Å². The van der Waals surface area contributed by atoms with Gasteiger partial charge in [0.15, 0.2) is 0 Å². The molecule has 0 bridgehead atoms. The van der Waals surface area contributed by atoms with Gasteiger partial charge in [-0.15, -0.1) is 0 Å². The molecule has 0 fully saturated rings. The van der Waals surface area contributed by atoms with E-state index in [2.05, 4.69) is 0 Å². The summed E-state index contributed by atoms with van der Waals surface area (Å²) in [4.78, 5) is 21.6. The third kappa shape index (κ3) is 4.73. The molecule has 0 unspecified atom stereocenters. The molecule has 3 atom stereocenters. The number of carboxylic acids is 1. The first kappa shape index (κ1) is 13.8. The van der Waals surface area contributed by atoms with Crippen LogP contribution in [0.1, 0.15) is 13.3 Å². The number of aliphatic hydroxyl groups is 1. The van der Waals surface area contributed by atoms with E-state index in [-0.39, 0.29) is 13.0 Å². The number of carbonyl (C=O) groups is 2. The van der Waals surface area contributed by atoms with Crippen LogP contribution in [0.3, 0.4) is 0 Å². The number of carboxylic acid groups (broad SMARTS) is 1. The predicted octanol–water partition coefficient (Wildman–Crippen LogP) is -1.96. The summed E-state index contributed by atoms with van der Waals surface area (Å²) in [6, 6.07) is -2.24. The maximum atomic E-state index is 11.2. The highest BCUT2D eigenvalue weighted by atomic mass is 16.5. The number of hydrogen-bond acceptors (Lipinski definition) is 6. The molecule has 0 aliphatic carbocycles. The Labute approximate surface area is 87.0 Å². The minimum atomic E-state index is -1.28. The maximum Gasteiger partial charge on any atom is 0.324 e. The van der Waals surface area contributed by atoms with Crippen LogP contribution in [0.2, 0.25) is 0 Å². The first-order valence-electron chi connectivity index (χ1n) is 4.45. The fourth-order valence-corrected chi connectivity index (χ4v) is 0.802. The number of rotatable bonds is 6. The zero-order valence-corrected chi connectivity index (χ0v) is 8.42. The molecule has 0 amide bonds. The van der Waals surface area contributed by atoms with Crippen LogP contribution in [-0.2, 0) is 14.3 Å². The quantitative estimate of drug-likeness (QED) is 0.381. The molecule has 0 saturated carbocycles. The van der Waals surface area contributed by atoms with Crippen molar-refractivity contribution in [3.8, 4) is 0 Å². The Bertz CT molecular complexity index is 233. The highest BCUT2D eigenvalue weighted by Gasteiger charge is 2.25. The van der Waals surface area contributed by atoms with Gasteiger partial charge in [0, 0.05) is 6.61 Å². The number of aliphatic carboxylic acids is 1. The minimum absolute atomic E-state index is 0.0634. The number of aliphatic hydroxyl groups excluding tert-OH is 1. The number of nitrogens with two attached hydrogens (primary N) is 2. The van der Waals surface area contributed by atoms with E-state index in [1.165, 1.54) is 6.92 Å². The number of esters is 1. The summed E-state index contributed by atoms with van der Waals surface area (Å²) < 4.78 is 4.71. The number of carbonyl (C=O) groups excluding carboxylic acids is 1. The number of ether oxygens (including phenoxy) is 1. The predicted molar refractivity (Wildman–Crippen MR) is 50.8 cm³/mol. The van der Waals surface area contributed by atoms with Crippen LogP contribution >= 0.6 is 0 Å². The molecule has 6 N–H and O–H groups in total. The number of hydrogen-bond donors (Lipinski definition) is 4. The summed E-state index contributed by atoms with van der Waals surface area (Å²) in [6.07, 6.45) is -0.895. The van der Waals surface area contributed by atoms with E-state index in [1.54, 1.807) is 0 Å². The SMILES string of the molecule is C[C@@H](OC(=O)[C@@H](N)CCO)[C@H](N)C(=O)O. The Morgan fingerprint density at radius 2 is 1.93 bits per heavy atom. The lowest BCUT2D eigenvalue weighted by Gasteiger charge is -2.18. The molecule has 0 radical (unpaired) electrons. The van der Waals surface area contributed by atoms with Crippen LogP contribution in [0.4, 0.5) is 0 Å². The minimum Gasteiger partial charge on any atom is -0.480 e. The second-order valence-corrected chi connectivity index (χ2v) is 3.12. The van der Waals surface area contributed by atoms with Gasteiger partial charge in [-0.1, -0.05) is 0 Å². The van der Waals surface area contributed by atoms with Crippen LogP contribution in [0.25, 0.3) is 0 Å². The Kier molecular flexibility index (Phi) is 5.83. The molecule has 0 aliphatic heterocycles. The third-order valence-corrected chi connectivity index (χ3v) is 1.84. The summed E-state index contributed by atoms with van der Waals surface area (Å²) in [6.45, 7) is 1.12. The smallest absolute Gasteiger partial charge is 0.324 e. The molecule has 15 heavy (non-hydrogen) atoms. The van der Waals surface area contributed by atoms with Gasteiger partial charge in [0.1, 0.15) is 18.2 Å². The van der Waals surface area contributed by atoms with E-state index in [0.717, 1.165) is 0 Å². The monoisotopic (exact) mass is 220 g/mol. The molecule has 88 valence electrons. The van der Waals surface area contributed by atoms with Gasteiger partial charge in [-0.05, 0) is 13.3 Å². The molecule has 7 nitrogen and oxygen atoms in total. The molecule has 0 aromatic carbocycles. The lowest BCUT2D eigenvalue weighted by Crippen LogP contribution is -2.45. The average Bonchev–Trinajstić information content (AvgIpc) is 2.16. The van der Waals surface area contributed by atoms with Gasteiger partial charge in [-0.2, -0.15) is 0 Å². The highest BCUT2D eigenvalue weighted by molar-refractivity contribution is 5.77. The molecule has 0 aliphatic rings. The molecule has 0 aromatic rings. The van der Waals surface area contributed by atoms with Gasteiger partial charge >= 0.3 is 11.9 Å². The van der Waals surface area contributed by atoms with Crippen LogP contribution in [-0.4, -0.2) is 46.9 Å². The second kappa shape index (κ2) is 6.33. The molecular formula is C8H16N2O5. The lowest BCUT2D eigenvalue weighted by atomic mass is 10.2. The van der Waals surface area contributed by atoms with Crippen molar-refractivity contribution in [2.45, 2.75) is 31.5 Å². The molecule has 0 spiro atoms. The molecule has 0 rings (SSSR count). The zero-order valence-electron chi connectivity index (χ0n) is 8.42. The Hall–Kier alpha value is -1.18.